The molecule has 0 saturated heterocycles. The molecular formula is C19H21BrN2O3. The van der Waals surface area contributed by atoms with E-state index in [4.69, 9.17) is 9.47 Å². The van der Waals surface area contributed by atoms with Crippen molar-refractivity contribution < 1.29 is 14.3 Å². The Bertz CT molecular complexity index is 803. The van der Waals surface area contributed by atoms with Crippen molar-refractivity contribution in [1.29, 1.82) is 0 Å². The maximum atomic E-state index is 12.0. The summed E-state index contributed by atoms with van der Waals surface area (Å²) in [6.07, 6.45) is 1.82. The highest BCUT2D eigenvalue weighted by molar-refractivity contribution is 9.10. The maximum Gasteiger partial charge on any atom is 0.244 e. The third-order valence-corrected chi connectivity index (χ3v) is 4.45. The van der Waals surface area contributed by atoms with E-state index in [1.807, 2.05) is 38.1 Å². The molecule has 2 rings (SSSR count). The molecule has 0 aliphatic rings. The van der Waals surface area contributed by atoms with Gasteiger partial charge in [0.2, 0.25) is 5.91 Å². The molecule has 0 aliphatic heterocycles. The molecule has 132 valence electrons. The fourth-order valence-corrected chi connectivity index (χ4v) is 2.82. The minimum Gasteiger partial charge on any atom is -0.496 e. The van der Waals surface area contributed by atoms with Crippen molar-refractivity contribution in [1.82, 2.24) is 5.43 Å². The molecule has 0 unspecified atom stereocenters. The highest BCUT2D eigenvalue weighted by atomic mass is 79.9. The van der Waals surface area contributed by atoms with Crippen molar-refractivity contribution in [3.63, 3.8) is 0 Å². The average Bonchev–Trinajstić information content (AvgIpc) is 2.58. The number of aryl methyl sites for hydroxylation is 2. The predicted molar refractivity (Wildman–Crippen MR) is 103 cm³/mol. The van der Waals surface area contributed by atoms with Crippen LogP contribution in [0.4, 0.5) is 0 Å². The van der Waals surface area contributed by atoms with Gasteiger partial charge in [0.25, 0.3) is 0 Å². The van der Waals surface area contributed by atoms with Crippen LogP contribution in [-0.2, 0) is 11.2 Å². The van der Waals surface area contributed by atoms with Gasteiger partial charge in [-0.3, -0.25) is 4.79 Å². The fourth-order valence-electron chi connectivity index (χ4n) is 2.30. The maximum absolute atomic E-state index is 12.0. The molecule has 0 atom stereocenters. The fraction of sp³-hybridized carbons (Fsp3) is 0.263. The molecule has 2 aromatic rings. The van der Waals surface area contributed by atoms with Crippen molar-refractivity contribution in [3.8, 4) is 11.5 Å². The minimum atomic E-state index is -0.175. The lowest BCUT2D eigenvalue weighted by atomic mass is 10.0. The summed E-state index contributed by atoms with van der Waals surface area (Å²) < 4.78 is 11.3. The van der Waals surface area contributed by atoms with Crippen LogP contribution >= 0.6 is 15.9 Å². The van der Waals surface area contributed by atoms with E-state index >= 15 is 0 Å². The number of hydrazone groups is 1. The molecule has 0 fully saturated rings. The summed E-state index contributed by atoms with van der Waals surface area (Å²) in [5.41, 5.74) is 6.60. The first-order valence-electron chi connectivity index (χ1n) is 7.74. The molecule has 0 bridgehead atoms. The number of hydrogen-bond donors (Lipinski definition) is 1. The molecule has 25 heavy (non-hydrogen) atoms. The number of benzene rings is 2. The number of carbonyl (C=O) groups is 1. The van der Waals surface area contributed by atoms with Gasteiger partial charge in [0.1, 0.15) is 11.5 Å². The molecule has 0 aliphatic carbocycles. The second kappa shape index (κ2) is 8.67. The standard InChI is InChI=1S/C19H21BrN2O3/c1-12-5-6-14(7-13(12)2)8-19(23)22-21-11-15-9-16(20)18(25-4)10-17(15)24-3/h5-7,9-11H,8H2,1-4H3,(H,22,23)/b21-11-. The van der Waals surface area contributed by atoms with Crippen molar-refractivity contribution in [3.05, 3.63) is 57.1 Å². The number of hydrogen-bond acceptors (Lipinski definition) is 4. The molecule has 0 heterocycles. The summed E-state index contributed by atoms with van der Waals surface area (Å²) in [5, 5.41) is 4.02. The van der Waals surface area contributed by atoms with E-state index < -0.39 is 0 Å². The molecule has 5 nitrogen and oxygen atoms in total. The second-order valence-electron chi connectivity index (χ2n) is 5.62. The average molecular weight is 405 g/mol. The van der Waals surface area contributed by atoms with Crippen LogP contribution in [0.3, 0.4) is 0 Å². The van der Waals surface area contributed by atoms with Crippen LogP contribution in [-0.4, -0.2) is 26.3 Å². The zero-order chi connectivity index (χ0) is 18.4. The Labute approximate surface area is 156 Å². The third-order valence-electron chi connectivity index (χ3n) is 3.83. The van der Waals surface area contributed by atoms with Gasteiger partial charge in [-0.1, -0.05) is 18.2 Å². The summed E-state index contributed by atoms with van der Waals surface area (Å²) in [6.45, 7) is 4.08. The van der Waals surface area contributed by atoms with Gasteiger partial charge in [-0.05, 0) is 52.5 Å². The van der Waals surface area contributed by atoms with Gasteiger partial charge >= 0.3 is 0 Å². The molecule has 6 heteroatoms. The van der Waals surface area contributed by atoms with Crippen LogP contribution in [0.2, 0.25) is 0 Å². The van der Waals surface area contributed by atoms with Crippen molar-refractivity contribution >= 4 is 28.1 Å². The van der Waals surface area contributed by atoms with Crippen molar-refractivity contribution in [2.45, 2.75) is 20.3 Å². The van der Waals surface area contributed by atoms with Gasteiger partial charge in [-0.25, -0.2) is 5.43 Å². The lowest BCUT2D eigenvalue weighted by Gasteiger charge is -2.09. The molecule has 0 spiro atoms. The van der Waals surface area contributed by atoms with E-state index in [0.29, 0.717) is 11.5 Å². The summed E-state index contributed by atoms with van der Waals surface area (Å²) in [4.78, 5) is 12.0. The number of ether oxygens (including phenoxy) is 2. The molecule has 0 aromatic heterocycles. The summed E-state index contributed by atoms with van der Waals surface area (Å²) >= 11 is 3.42. The van der Waals surface area contributed by atoms with Crippen molar-refractivity contribution in [2.24, 2.45) is 5.10 Å². The Balaban J connectivity index is 2.03. The number of carbonyl (C=O) groups excluding carboxylic acids is 1. The van der Waals surface area contributed by atoms with Gasteiger partial charge in [0.05, 0.1) is 31.3 Å². The van der Waals surface area contributed by atoms with Crippen LogP contribution in [0.15, 0.2) is 39.9 Å². The number of amides is 1. The van der Waals surface area contributed by atoms with E-state index in [0.717, 1.165) is 15.6 Å². The number of halogens is 1. The summed E-state index contributed by atoms with van der Waals surface area (Å²) in [6, 6.07) is 9.55. The Morgan fingerprint density at radius 2 is 1.84 bits per heavy atom. The Hall–Kier alpha value is -2.34. The van der Waals surface area contributed by atoms with Gasteiger partial charge < -0.3 is 9.47 Å². The van der Waals surface area contributed by atoms with Gasteiger partial charge in [-0.15, -0.1) is 0 Å². The molecule has 1 N–H and O–H groups in total. The van der Waals surface area contributed by atoms with Gasteiger partial charge in [0, 0.05) is 11.6 Å². The summed E-state index contributed by atoms with van der Waals surface area (Å²) in [5.74, 6) is 1.09. The quantitative estimate of drug-likeness (QED) is 0.588. The number of nitrogens with one attached hydrogen (secondary N) is 1. The van der Waals surface area contributed by atoms with E-state index in [1.54, 1.807) is 26.5 Å². The topological polar surface area (TPSA) is 59.9 Å². The smallest absolute Gasteiger partial charge is 0.244 e. The van der Waals surface area contributed by atoms with Crippen LogP contribution < -0.4 is 14.9 Å². The van der Waals surface area contributed by atoms with Crippen LogP contribution in [0.25, 0.3) is 0 Å². The molecule has 1 amide bonds. The largest absolute Gasteiger partial charge is 0.496 e. The van der Waals surface area contributed by atoms with Crippen molar-refractivity contribution in [2.75, 3.05) is 14.2 Å². The Morgan fingerprint density at radius 1 is 1.12 bits per heavy atom. The highest BCUT2D eigenvalue weighted by Crippen LogP contribution is 2.31. The van der Waals surface area contributed by atoms with E-state index in [2.05, 4.69) is 26.5 Å². The highest BCUT2D eigenvalue weighted by Gasteiger charge is 2.08. The normalized spacial score (nSPS) is 10.8. The molecule has 0 radical (unpaired) electrons. The number of methoxy groups -OCH3 is 2. The number of rotatable bonds is 6. The summed E-state index contributed by atoms with van der Waals surface area (Å²) in [7, 11) is 3.15. The SMILES string of the molecule is COc1cc(OC)c(/C=N\NC(=O)Cc2ccc(C)c(C)c2)cc1Br. The third kappa shape index (κ3) is 5.06. The van der Waals surface area contributed by atoms with Gasteiger partial charge in [-0.2, -0.15) is 5.10 Å². The molecular weight excluding hydrogens is 384 g/mol. The first-order valence-corrected chi connectivity index (χ1v) is 8.53. The lowest BCUT2D eigenvalue weighted by molar-refractivity contribution is -0.120. The van der Waals surface area contributed by atoms with E-state index in [-0.39, 0.29) is 12.3 Å². The zero-order valence-electron chi connectivity index (χ0n) is 14.7. The monoisotopic (exact) mass is 404 g/mol. The Kier molecular flexibility index (Phi) is 6.58. The van der Waals surface area contributed by atoms with Crippen LogP contribution in [0.1, 0.15) is 22.3 Å². The number of nitrogens with zero attached hydrogens (tertiary/aromatic N) is 1. The van der Waals surface area contributed by atoms with E-state index in [1.165, 1.54) is 11.1 Å². The molecule has 2 aromatic carbocycles. The lowest BCUT2D eigenvalue weighted by Crippen LogP contribution is -2.19. The Morgan fingerprint density at radius 3 is 2.48 bits per heavy atom. The van der Waals surface area contributed by atoms with Gasteiger partial charge in [0.15, 0.2) is 0 Å². The second-order valence-corrected chi connectivity index (χ2v) is 6.47. The first-order chi connectivity index (χ1) is 11.9. The van der Waals surface area contributed by atoms with Crippen LogP contribution in [0, 0.1) is 13.8 Å². The molecule has 0 saturated carbocycles. The predicted octanol–water partition coefficient (Wildman–Crippen LogP) is 3.78. The van der Waals surface area contributed by atoms with E-state index in [9.17, 15) is 4.79 Å². The minimum absolute atomic E-state index is 0.175. The first kappa shape index (κ1) is 19.0. The van der Waals surface area contributed by atoms with Crippen LogP contribution in [0.5, 0.6) is 11.5 Å². The zero-order valence-corrected chi connectivity index (χ0v) is 16.3.